The molecule has 0 aliphatic rings. The second-order valence-corrected chi connectivity index (χ2v) is 4.37. The van der Waals surface area contributed by atoms with E-state index >= 15 is 0 Å². The normalized spacial score (nSPS) is 12.0. The van der Waals surface area contributed by atoms with Crippen molar-refractivity contribution in [2.75, 3.05) is 6.54 Å². The molecule has 0 fully saturated rings. The van der Waals surface area contributed by atoms with Crippen LogP contribution in [0.1, 0.15) is 26.0 Å². The summed E-state index contributed by atoms with van der Waals surface area (Å²) in [5, 5.41) is 0. The SMILES string of the molecule is CC(C)(CCN)c1occc1Br. The molecule has 0 aliphatic heterocycles. The van der Waals surface area contributed by atoms with Crippen LogP contribution < -0.4 is 5.73 Å². The fourth-order valence-corrected chi connectivity index (χ4v) is 1.99. The summed E-state index contributed by atoms with van der Waals surface area (Å²) in [7, 11) is 0. The largest absolute Gasteiger partial charge is 0.468 e. The van der Waals surface area contributed by atoms with Gasteiger partial charge in [0.2, 0.25) is 0 Å². The van der Waals surface area contributed by atoms with E-state index < -0.39 is 0 Å². The highest BCUT2D eigenvalue weighted by Crippen LogP contribution is 2.32. The standard InChI is InChI=1S/C9H14BrNO/c1-9(2,4-5-11)8-7(10)3-6-12-8/h3,6H,4-5,11H2,1-2H3. The number of halogens is 1. The van der Waals surface area contributed by atoms with E-state index in [0.29, 0.717) is 6.54 Å². The molecule has 0 saturated heterocycles. The molecule has 1 aromatic heterocycles. The zero-order valence-corrected chi connectivity index (χ0v) is 9.02. The van der Waals surface area contributed by atoms with Crippen molar-refractivity contribution in [1.82, 2.24) is 0 Å². The first-order valence-electron chi connectivity index (χ1n) is 4.01. The van der Waals surface area contributed by atoms with Crippen molar-refractivity contribution in [3.63, 3.8) is 0 Å². The minimum absolute atomic E-state index is 0.0249. The summed E-state index contributed by atoms with van der Waals surface area (Å²) >= 11 is 3.44. The van der Waals surface area contributed by atoms with Gasteiger partial charge in [0, 0.05) is 5.41 Å². The van der Waals surface area contributed by atoms with E-state index in [1.54, 1.807) is 6.26 Å². The van der Waals surface area contributed by atoms with Gasteiger partial charge in [-0.2, -0.15) is 0 Å². The molecule has 0 saturated carbocycles. The monoisotopic (exact) mass is 231 g/mol. The lowest BCUT2D eigenvalue weighted by molar-refractivity contribution is 0.366. The molecule has 2 nitrogen and oxygen atoms in total. The number of rotatable bonds is 3. The first-order valence-corrected chi connectivity index (χ1v) is 4.81. The Hall–Kier alpha value is -0.280. The van der Waals surface area contributed by atoms with Gasteiger partial charge in [-0.15, -0.1) is 0 Å². The minimum Gasteiger partial charge on any atom is -0.468 e. The molecule has 1 heterocycles. The van der Waals surface area contributed by atoms with Gasteiger partial charge in [-0.05, 0) is 35.0 Å². The highest BCUT2D eigenvalue weighted by Gasteiger charge is 2.25. The van der Waals surface area contributed by atoms with Gasteiger partial charge < -0.3 is 10.2 Å². The van der Waals surface area contributed by atoms with Crippen molar-refractivity contribution < 1.29 is 4.42 Å². The van der Waals surface area contributed by atoms with E-state index in [1.807, 2.05) is 6.07 Å². The zero-order chi connectivity index (χ0) is 9.19. The van der Waals surface area contributed by atoms with Crippen LogP contribution in [-0.2, 0) is 5.41 Å². The average Bonchev–Trinajstić information content (AvgIpc) is 2.35. The molecule has 0 amide bonds. The summed E-state index contributed by atoms with van der Waals surface area (Å²) in [5.41, 5.74) is 5.54. The average molecular weight is 232 g/mol. The van der Waals surface area contributed by atoms with Crippen molar-refractivity contribution in [2.45, 2.75) is 25.7 Å². The van der Waals surface area contributed by atoms with Gasteiger partial charge in [0.25, 0.3) is 0 Å². The van der Waals surface area contributed by atoms with Gasteiger partial charge in [-0.3, -0.25) is 0 Å². The Balaban J connectivity index is 2.88. The minimum atomic E-state index is 0.0249. The molecule has 0 aliphatic carbocycles. The Kier molecular flexibility index (Phi) is 2.96. The number of hydrogen-bond donors (Lipinski definition) is 1. The van der Waals surface area contributed by atoms with E-state index in [4.69, 9.17) is 10.2 Å². The molecule has 3 heteroatoms. The molecule has 12 heavy (non-hydrogen) atoms. The van der Waals surface area contributed by atoms with Crippen LogP contribution in [0.25, 0.3) is 0 Å². The lowest BCUT2D eigenvalue weighted by Gasteiger charge is -2.21. The van der Waals surface area contributed by atoms with Gasteiger partial charge >= 0.3 is 0 Å². The van der Waals surface area contributed by atoms with Crippen LogP contribution in [0.3, 0.4) is 0 Å². The van der Waals surface area contributed by atoms with Crippen LogP contribution in [0.2, 0.25) is 0 Å². The summed E-state index contributed by atoms with van der Waals surface area (Å²) in [6.45, 7) is 4.94. The van der Waals surface area contributed by atoms with Crippen LogP contribution in [0.4, 0.5) is 0 Å². The van der Waals surface area contributed by atoms with Crippen molar-refractivity contribution in [3.8, 4) is 0 Å². The Labute approximate surface area is 81.3 Å². The van der Waals surface area contributed by atoms with Crippen molar-refractivity contribution >= 4 is 15.9 Å². The molecule has 0 atom stereocenters. The third kappa shape index (κ3) is 1.90. The van der Waals surface area contributed by atoms with E-state index in [-0.39, 0.29) is 5.41 Å². The second kappa shape index (κ2) is 3.62. The molecular weight excluding hydrogens is 218 g/mol. The first kappa shape index (κ1) is 9.81. The second-order valence-electron chi connectivity index (χ2n) is 3.52. The fourth-order valence-electron chi connectivity index (χ4n) is 1.25. The topological polar surface area (TPSA) is 39.2 Å². The summed E-state index contributed by atoms with van der Waals surface area (Å²) in [6, 6.07) is 1.91. The predicted octanol–water partition coefficient (Wildman–Crippen LogP) is 2.67. The van der Waals surface area contributed by atoms with Gasteiger partial charge in [0.1, 0.15) is 5.76 Å². The molecule has 1 aromatic rings. The summed E-state index contributed by atoms with van der Waals surface area (Å²) < 4.78 is 6.41. The van der Waals surface area contributed by atoms with Gasteiger partial charge in [-0.25, -0.2) is 0 Å². The van der Waals surface area contributed by atoms with E-state index in [2.05, 4.69) is 29.8 Å². The van der Waals surface area contributed by atoms with Crippen LogP contribution >= 0.6 is 15.9 Å². The maximum atomic E-state index is 5.51. The summed E-state index contributed by atoms with van der Waals surface area (Å²) in [4.78, 5) is 0. The molecule has 68 valence electrons. The third-order valence-electron chi connectivity index (χ3n) is 2.00. The van der Waals surface area contributed by atoms with Crippen molar-refractivity contribution in [1.29, 1.82) is 0 Å². The Morgan fingerprint density at radius 2 is 2.25 bits per heavy atom. The van der Waals surface area contributed by atoms with Crippen molar-refractivity contribution in [3.05, 3.63) is 22.6 Å². The van der Waals surface area contributed by atoms with Crippen LogP contribution in [0.15, 0.2) is 21.2 Å². The van der Waals surface area contributed by atoms with Crippen LogP contribution in [-0.4, -0.2) is 6.54 Å². The third-order valence-corrected chi connectivity index (χ3v) is 2.63. The maximum absolute atomic E-state index is 5.51. The lowest BCUT2D eigenvalue weighted by Crippen LogP contribution is -2.21. The Morgan fingerprint density at radius 1 is 1.58 bits per heavy atom. The van der Waals surface area contributed by atoms with E-state index in [9.17, 15) is 0 Å². The smallest absolute Gasteiger partial charge is 0.123 e. The molecule has 0 radical (unpaired) electrons. The van der Waals surface area contributed by atoms with Gasteiger partial charge in [0.15, 0.2) is 0 Å². The number of furan rings is 1. The molecule has 0 bridgehead atoms. The van der Waals surface area contributed by atoms with Gasteiger partial charge in [-0.1, -0.05) is 13.8 Å². The molecule has 2 N–H and O–H groups in total. The van der Waals surface area contributed by atoms with Crippen LogP contribution in [0, 0.1) is 0 Å². The Morgan fingerprint density at radius 3 is 2.67 bits per heavy atom. The molecule has 0 aromatic carbocycles. The highest BCUT2D eigenvalue weighted by molar-refractivity contribution is 9.10. The fraction of sp³-hybridized carbons (Fsp3) is 0.556. The number of hydrogen-bond acceptors (Lipinski definition) is 2. The van der Waals surface area contributed by atoms with Crippen molar-refractivity contribution in [2.24, 2.45) is 5.73 Å². The number of nitrogens with two attached hydrogens (primary N) is 1. The quantitative estimate of drug-likeness (QED) is 0.870. The van der Waals surface area contributed by atoms with Gasteiger partial charge in [0.05, 0.1) is 10.7 Å². The predicted molar refractivity (Wildman–Crippen MR) is 53.1 cm³/mol. The van der Waals surface area contributed by atoms with Crippen LogP contribution in [0.5, 0.6) is 0 Å². The first-order chi connectivity index (χ1) is 5.58. The summed E-state index contributed by atoms with van der Waals surface area (Å²) in [6.07, 6.45) is 2.62. The Bertz CT molecular complexity index is 255. The summed E-state index contributed by atoms with van der Waals surface area (Å²) in [5.74, 6) is 0.980. The highest BCUT2D eigenvalue weighted by atomic mass is 79.9. The lowest BCUT2D eigenvalue weighted by atomic mass is 9.87. The van der Waals surface area contributed by atoms with E-state index in [0.717, 1.165) is 16.7 Å². The molecule has 1 rings (SSSR count). The maximum Gasteiger partial charge on any atom is 0.123 e. The zero-order valence-electron chi connectivity index (χ0n) is 7.43. The van der Waals surface area contributed by atoms with E-state index in [1.165, 1.54) is 0 Å². The molecular formula is C9H14BrNO. The molecule has 0 spiro atoms. The molecule has 0 unspecified atom stereocenters.